The van der Waals surface area contributed by atoms with Crippen LogP contribution in [0, 0.1) is 14.9 Å². The number of nitrogens with zero attached hydrogens (tertiary/aromatic N) is 1. The topological polar surface area (TPSA) is 35.8 Å². The van der Waals surface area contributed by atoms with E-state index in [1.807, 2.05) is 23.6 Å². The average molecular weight is 340 g/mol. The summed E-state index contributed by atoms with van der Waals surface area (Å²) in [6.45, 7) is 0.770. The molecule has 2 nitrogen and oxygen atoms in total. The fraction of sp³-hybridized carbons (Fsp3) is 0.0833. The molecule has 1 aromatic heterocycles. The Morgan fingerprint density at radius 3 is 2.88 bits per heavy atom. The zero-order valence-corrected chi connectivity index (χ0v) is 11.4. The second-order valence-electron chi connectivity index (χ2n) is 3.25. The van der Waals surface area contributed by atoms with Crippen molar-refractivity contribution >= 4 is 39.6 Å². The lowest BCUT2D eigenvalue weighted by Gasteiger charge is -2.06. The summed E-state index contributed by atoms with van der Waals surface area (Å²) in [5, 5.41) is 14.0. The van der Waals surface area contributed by atoms with E-state index in [4.69, 9.17) is 5.26 Å². The largest absolute Gasteiger partial charge is 0.379 e. The summed E-state index contributed by atoms with van der Waals surface area (Å²) in [5.74, 6) is 0. The number of hydrogen-bond acceptors (Lipinski definition) is 3. The third-order valence-corrected chi connectivity index (χ3v) is 3.99. The van der Waals surface area contributed by atoms with Gasteiger partial charge in [0.15, 0.2) is 0 Å². The number of nitrogens with one attached hydrogen (secondary N) is 1. The number of anilines is 1. The zero-order chi connectivity index (χ0) is 11.4. The summed E-state index contributed by atoms with van der Waals surface area (Å²) in [6.07, 6.45) is 0. The molecule has 0 aliphatic rings. The Morgan fingerprint density at radius 2 is 2.19 bits per heavy atom. The minimum absolute atomic E-state index is 0.740. The number of rotatable bonds is 3. The Hall–Kier alpha value is -1.06. The van der Waals surface area contributed by atoms with E-state index >= 15 is 0 Å². The van der Waals surface area contributed by atoms with Gasteiger partial charge in [0, 0.05) is 26.1 Å². The van der Waals surface area contributed by atoms with Gasteiger partial charge in [-0.3, -0.25) is 0 Å². The molecule has 0 spiro atoms. The maximum Gasteiger partial charge on any atom is 0.100 e. The fourth-order valence-electron chi connectivity index (χ4n) is 1.32. The highest BCUT2D eigenvalue weighted by atomic mass is 127. The first kappa shape index (κ1) is 11.4. The fourth-order valence-corrected chi connectivity index (χ4v) is 2.65. The standard InChI is InChI=1S/C12H9IN2S/c13-11-3-1-2-4-12(11)15-7-10-5-9(6-14)8-16-10/h1-5,8,15H,7H2. The number of benzene rings is 1. The predicted molar refractivity (Wildman–Crippen MR) is 75.5 cm³/mol. The van der Waals surface area contributed by atoms with Gasteiger partial charge in [-0.15, -0.1) is 11.3 Å². The molecule has 80 valence electrons. The van der Waals surface area contributed by atoms with E-state index in [1.54, 1.807) is 11.3 Å². The zero-order valence-electron chi connectivity index (χ0n) is 8.40. The van der Waals surface area contributed by atoms with Crippen LogP contribution in [0.4, 0.5) is 5.69 Å². The first-order valence-electron chi connectivity index (χ1n) is 4.75. The molecule has 0 amide bonds. The highest BCUT2D eigenvalue weighted by Crippen LogP contribution is 2.20. The molecule has 0 saturated carbocycles. The molecule has 0 unspecified atom stereocenters. The Labute approximate surface area is 112 Å². The van der Waals surface area contributed by atoms with Gasteiger partial charge in [0.25, 0.3) is 0 Å². The predicted octanol–water partition coefficient (Wildman–Crippen LogP) is 3.84. The summed E-state index contributed by atoms with van der Waals surface area (Å²) < 4.78 is 1.21. The average Bonchev–Trinajstić information content (AvgIpc) is 2.76. The smallest absolute Gasteiger partial charge is 0.100 e. The van der Waals surface area contributed by atoms with Crippen LogP contribution in [0.15, 0.2) is 35.7 Å². The van der Waals surface area contributed by atoms with Gasteiger partial charge in [-0.05, 0) is 40.8 Å². The quantitative estimate of drug-likeness (QED) is 0.862. The summed E-state index contributed by atoms with van der Waals surface area (Å²) in [7, 11) is 0. The number of halogens is 1. The van der Waals surface area contributed by atoms with E-state index in [1.165, 1.54) is 8.45 Å². The van der Waals surface area contributed by atoms with Crippen molar-refractivity contribution in [3.63, 3.8) is 0 Å². The maximum absolute atomic E-state index is 8.72. The molecule has 0 aliphatic heterocycles. The van der Waals surface area contributed by atoms with Crippen LogP contribution >= 0.6 is 33.9 Å². The van der Waals surface area contributed by atoms with E-state index < -0.39 is 0 Å². The van der Waals surface area contributed by atoms with Crippen molar-refractivity contribution in [2.24, 2.45) is 0 Å². The van der Waals surface area contributed by atoms with Crippen LogP contribution < -0.4 is 5.32 Å². The summed E-state index contributed by atoms with van der Waals surface area (Å²) >= 11 is 3.92. The van der Waals surface area contributed by atoms with Crippen LogP contribution in [0.5, 0.6) is 0 Å². The van der Waals surface area contributed by atoms with Gasteiger partial charge in [-0.1, -0.05) is 12.1 Å². The lowest BCUT2D eigenvalue weighted by atomic mass is 10.3. The van der Waals surface area contributed by atoms with E-state index in [-0.39, 0.29) is 0 Å². The highest BCUT2D eigenvalue weighted by Gasteiger charge is 2.00. The van der Waals surface area contributed by atoms with Crippen LogP contribution in [0.2, 0.25) is 0 Å². The van der Waals surface area contributed by atoms with Gasteiger partial charge in [0.1, 0.15) is 6.07 Å². The minimum atomic E-state index is 0.740. The third kappa shape index (κ3) is 2.74. The van der Waals surface area contributed by atoms with Gasteiger partial charge in [-0.25, -0.2) is 0 Å². The van der Waals surface area contributed by atoms with E-state index in [0.29, 0.717) is 0 Å². The number of thiophene rings is 1. The Bertz CT molecular complexity index is 528. The van der Waals surface area contributed by atoms with Crippen molar-refractivity contribution in [3.8, 4) is 6.07 Å². The van der Waals surface area contributed by atoms with Crippen molar-refractivity contribution in [1.29, 1.82) is 5.26 Å². The third-order valence-electron chi connectivity index (χ3n) is 2.11. The Balaban J connectivity index is 2.03. The van der Waals surface area contributed by atoms with Gasteiger partial charge >= 0.3 is 0 Å². The molecule has 16 heavy (non-hydrogen) atoms. The number of para-hydroxylation sites is 1. The highest BCUT2D eigenvalue weighted by molar-refractivity contribution is 14.1. The van der Waals surface area contributed by atoms with Crippen LogP contribution in [-0.2, 0) is 6.54 Å². The molecule has 0 saturated heterocycles. The summed E-state index contributed by atoms with van der Waals surface area (Å²) in [6, 6.07) is 12.2. The van der Waals surface area contributed by atoms with Crippen LogP contribution in [0.25, 0.3) is 0 Å². The van der Waals surface area contributed by atoms with Gasteiger partial charge in [0.2, 0.25) is 0 Å². The molecule has 2 rings (SSSR count). The molecular formula is C12H9IN2S. The molecule has 1 heterocycles. The first-order chi connectivity index (χ1) is 7.79. The molecule has 1 aromatic carbocycles. The monoisotopic (exact) mass is 340 g/mol. The molecule has 0 fully saturated rings. The first-order valence-corrected chi connectivity index (χ1v) is 6.71. The van der Waals surface area contributed by atoms with E-state index in [9.17, 15) is 0 Å². The van der Waals surface area contributed by atoms with Crippen LogP contribution in [-0.4, -0.2) is 0 Å². The molecule has 0 radical (unpaired) electrons. The number of nitriles is 1. The lowest BCUT2D eigenvalue weighted by Crippen LogP contribution is -1.98. The van der Waals surface area contributed by atoms with Gasteiger partial charge in [-0.2, -0.15) is 5.26 Å². The van der Waals surface area contributed by atoms with E-state index in [0.717, 1.165) is 17.8 Å². The van der Waals surface area contributed by atoms with Crippen LogP contribution in [0.1, 0.15) is 10.4 Å². The second-order valence-corrected chi connectivity index (χ2v) is 5.40. The lowest BCUT2D eigenvalue weighted by molar-refractivity contribution is 1.19. The molecule has 0 aliphatic carbocycles. The van der Waals surface area contributed by atoms with Gasteiger partial charge < -0.3 is 5.32 Å². The van der Waals surface area contributed by atoms with E-state index in [2.05, 4.69) is 46.1 Å². The molecule has 0 atom stereocenters. The van der Waals surface area contributed by atoms with Crippen molar-refractivity contribution < 1.29 is 0 Å². The summed E-state index contributed by atoms with van der Waals surface area (Å²) in [4.78, 5) is 1.18. The SMILES string of the molecule is N#Cc1csc(CNc2ccccc2I)c1. The Morgan fingerprint density at radius 1 is 1.38 bits per heavy atom. The van der Waals surface area contributed by atoms with Crippen molar-refractivity contribution in [1.82, 2.24) is 0 Å². The molecule has 0 bridgehead atoms. The molecule has 1 N–H and O–H groups in total. The van der Waals surface area contributed by atoms with Crippen molar-refractivity contribution in [2.75, 3.05) is 5.32 Å². The molecular weight excluding hydrogens is 331 g/mol. The number of hydrogen-bond donors (Lipinski definition) is 1. The van der Waals surface area contributed by atoms with Crippen LogP contribution in [0.3, 0.4) is 0 Å². The maximum atomic E-state index is 8.72. The summed E-state index contributed by atoms with van der Waals surface area (Å²) in [5.41, 5.74) is 1.87. The Kier molecular flexibility index (Phi) is 3.80. The van der Waals surface area contributed by atoms with Crippen molar-refractivity contribution in [2.45, 2.75) is 6.54 Å². The second kappa shape index (κ2) is 5.32. The minimum Gasteiger partial charge on any atom is -0.379 e. The van der Waals surface area contributed by atoms with Gasteiger partial charge in [0.05, 0.1) is 5.56 Å². The molecule has 4 heteroatoms. The molecule has 2 aromatic rings. The van der Waals surface area contributed by atoms with Crippen molar-refractivity contribution in [3.05, 3.63) is 49.7 Å². The normalized spacial score (nSPS) is 9.75.